The second-order valence-electron chi connectivity index (χ2n) is 4.65. The van der Waals surface area contributed by atoms with Crippen LogP contribution >= 0.6 is 0 Å². The normalized spacial score (nSPS) is 22.2. The minimum Gasteiger partial charge on any atom is -0.459 e. The average molecular weight is 247 g/mol. The number of nitrogens with two attached hydrogens (primary N) is 1. The lowest BCUT2D eigenvalue weighted by Gasteiger charge is -2.26. The molecule has 2 N–H and O–H groups in total. The van der Waals surface area contributed by atoms with Crippen LogP contribution in [0, 0.1) is 6.92 Å². The van der Waals surface area contributed by atoms with Crippen LogP contribution in [0.15, 0.2) is 28.7 Å². The molecule has 0 aliphatic carbocycles. The summed E-state index contributed by atoms with van der Waals surface area (Å²) < 4.78 is 16.8. The molecule has 4 nitrogen and oxygen atoms in total. The molecule has 0 radical (unpaired) electrons. The van der Waals surface area contributed by atoms with E-state index in [2.05, 4.69) is 0 Å². The molecule has 1 aromatic heterocycles. The van der Waals surface area contributed by atoms with Crippen LogP contribution in [0.2, 0.25) is 0 Å². The first-order valence-electron chi connectivity index (χ1n) is 6.19. The van der Waals surface area contributed by atoms with Crippen LogP contribution in [-0.4, -0.2) is 25.9 Å². The second-order valence-corrected chi connectivity index (χ2v) is 4.65. The molecule has 2 heterocycles. The van der Waals surface area contributed by atoms with Gasteiger partial charge >= 0.3 is 0 Å². The van der Waals surface area contributed by atoms with Crippen molar-refractivity contribution in [3.8, 4) is 0 Å². The van der Waals surface area contributed by atoms with E-state index >= 15 is 0 Å². The second kappa shape index (κ2) is 4.72. The Morgan fingerprint density at radius 2 is 2.22 bits per heavy atom. The molecule has 96 valence electrons. The minimum atomic E-state index is -0.280. The summed E-state index contributed by atoms with van der Waals surface area (Å²) in [6.07, 6.45) is -0.125. The number of hydrogen-bond donors (Lipinski definition) is 1. The highest BCUT2D eigenvalue weighted by Crippen LogP contribution is 2.28. The van der Waals surface area contributed by atoms with Gasteiger partial charge in [-0.3, -0.25) is 0 Å². The number of para-hydroxylation sites is 1. The molecule has 2 unspecified atom stereocenters. The summed E-state index contributed by atoms with van der Waals surface area (Å²) >= 11 is 0. The van der Waals surface area contributed by atoms with Crippen molar-refractivity contribution >= 4 is 11.0 Å². The van der Waals surface area contributed by atoms with Crippen molar-refractivity contribution in [3.63, 3.8) is 0 Å². The molecule has 0 amide bonds. The molecule has 0 spiro atoms. The van der Waals surface area contributed by atoms with Gasteiger partial charge in [0.2, 0.25) is 0 Å². The number of rotatable bonds is 2. The third-order valence-corrected chi connectivity index (χ3v) is 3.33. The Hall–Kier alpha value is -1.36. The summed E-state index contributed by atoms with van der Waals surface area (Å²) in [5.41, 5.74) is 8.20. The zero-order valence-corrected chi connectivity index (χ0v) is 10.4. The van der Waals surface area contributed by atoms with Crippen molar-refractivity contribution in [2.45, 2.75) is 19.1 Å². The van der Waals surface area contributed by atoms with Crippen LogP contribution in [0.25, 0.3) is 11.0 Å². The first-order valence-corrected chi connectivity index (χ1v) is 6.19. The average Bonchev–Trinajstić information content (AvgIpc) is 2.84. The SMILES string of the molecule is Cc1cccc2cc(C(N)C3COCCO3)oc12. The van der Waals surface area contributed by atoms with E-state index in [-0.39, 0.29) is 12.1 Å². The molecule has 1 fully saturated rings. The molecule has 2 atom stereocenters. The van der Waals surface area contributed by atoms with Gasteiger partial charge in [-0.15, -0.1) is 0 Å². The third-order valence-electron chi connectivity index (χ3n) is 3.33. The van der Waals surface area contributed by atoms with E-state index in [9.17, 15) is 0 Å². The summed E-state index contributed by atoms with van der Waals surface area (Å²) in [6, 6.07) is 7.78. The first kappa shape index (κ1) is 11.7. The van der Waals surface area contributed by atoms with Gasteiger partial charge in [-0.2, -0.15) is 0 Å². The maximum atomic E-state index is 6.18. The van der Waals surface area contributed by atoms with Crippen molar-refractivity contribution in [2.75, 3.05) is 19.8 Å². The largest absolute Gasteiger partial charge is 0.459 e. The fraction of sp³-hybridized carbons (Fsp3) is 0.429. The van der Waals surface area contributed by atoms with Crippen LogP contribution in [-0.2, 0) is 9.47 Å². The Labute approximate surface area is 106 Å². The molecule has 1 aliphatic rings. The lowest BCUT2D eigenvalue weighted by Crippen LogP contribution is -2.37. The Kier molecular flexibility index (Phi) is 3.07. The molecule has 0 bridgehead atoms. The highest BCUT2D eigenvalue weighted by molar-refractivity contribution is 5.81. The van der Waals surface area contributed by atoms with Crippen molar-refractivity contribution in [2.24, 2.45) is 5.73 Å². The summed E-state index contributed by atoms with van der Waals surface area (Å²) in [6.45, 7) is 3.79. The van der Waals surface area contributed by atoms with Crippen LogP contribution in [0.4, 0.5) is 0 Å². The number of fused-ring (bicyclic) bond motifs is 1. The number of furan rings is 1. The zero-order valence-electron chi connectivity index (χ0n) is 10.4. The maximum absolute atomic E-state index is 6.18. The van der Waals surface area contributed by atoms with E-state index in [0.717, 1.165) is 22.3 Å². The van der Waals surface area contributed by atoms with E-state index in [1.54, 1.807) is 0 Å². The van der Waals surface area contributed by atoms with Crippen molar-refractivity contribution in [3.05, 3.63) is 35.6 Å². The molecule has 1 aromatic carbocycles. The molecule has 2 aromatic rings. The standard InChI is InChI=1S/C14H17NO3/c1-9-3-2-4-10-7-11(18-14(9)10)13(15)12-8-16-5-6-17-12/h2-4,7,12-13H,5-6,8,15H2,1H3. The van der Waals surface area contributed by atoms with Gasteiger partial charge in [0.25, 0.3) is 0 Å². The molecule has 18 heavy (non-hydrogen) atoms. The van der Waals surface area contributed by atoms with Crippen molar-refractivity contribution in [1.29, 1.82) is 0 Å². The molecule has 1 aliphatic heterocycles. The van der Waals surface area contributed by atoms with Gasteiger partial charge in [-0.25, -0.2) is 0 Å². The predicted octanol–water partition coefficient (Wildman–Crippen LogP) is 2.16. The lowest BCUT2D eigenvalue weighted by atomic mass is 10.1. The molecular weight excluding hydrogens is 230 g/mol. The molecule has 1 saturated heterocycles. The summed E-state index contributed by atoms with van der Waals surface area (Å²) in [5, 5.41) is 1.08. The van der Waals surface area contributed by atoms with Crippen LogP contribution in [0.5, 0.6) is 0 Å². The van der Waals surface area contributed by atoms with E-state index in [4.69, 9.17) is 19.6 Å². The van der Waals surface area contributed by atoms with E-state index in [0.29, 0.717) is 19.8 Å². The quantitative estimate of drug-likeness (QED) is 0.883. The highest BCUT2D eigenvalue weighted by Gasteiger charge is 2.26. The van der Waals surface area contributed by atoms with E-state index in [1.165, 1.54) is 0 Å². The van der Waals surface area contributed by atoms with E-state index < -0.39 is 0 Å². The monoisotopic (exact) mass is 247 g/mol. The number of aryl methyl sites for hydroxylation is 1. The van der Waals surface area contributed by atoms with Crippen LogP contribution in [0.1, 0.15) is 17.4 Å². The van der Waals surface area contributed by atoms with Gasteiger partial charge < -0.3 is 19.6 Å². The van der Waals surface area contributed by atoms with Gasteiger partial charge in [-0.05, 0) is 18.6 Å². The van der Waals surface area contributed by atoms with Crippen LogP contribution in [0.3, 0.4) is 0 Å². The maximum Gasteiger partial charge on any atom is 0.137 e. The topological polar surface area (TPSA) is 57.6 Å². The molecular formula is C14H17NO3. The minimum absolute atomic E-state index is 0.125. The van der Waals surface area contributed by atoms with E-state index in [1.807, 2.05) is 31.2 Å². The van der Waals surface area contributed by atoms with Crippen molar-refractivity contribution < 1.29 is 13.9 Å². The third kappa shape index (κ3) is 2.03. The smallest absolute Gasteiger partial charge is 0.137 e. The van der Waals surface area contributed by atoms with Crippen molar-refractivity contribution in [1.82, 2.24) is 0 Å². The fourth-order valence-corrected chi connectivity index (χ4v) is 2.29. The van der Waals surface area contributed by atoms with Crippen LogP contribution < -0.4 is 5.73 Å². The number of benzene rings is 1. The lowest BCUT2D eigenvalue weighted by molar-refractivity contribution is -0.0994. The Balaban J connectivity index is 1.91. The van der Waals surface area contributed by atoms with Gasteiger partial charge in [0.1, 0.15) is 17.4 Å². The number of hydrogen-bond acceptors (Lipinski definition) is 4. The molecule has 4 heteroatoms. The highest BCUT2D eigenvalue weighted by atomic mass is 16.6. The van der Waals surface area contributed by atoms with Gasteiger partial charge in [0, 0.05) is 5.39 Å². The first-order chi connectivity index (χ1) is 8.75. The molecule has 3 rings (SSSR count). The fourth-order valence-electron chi connectivity index (χ4n) is 2.29. The molecule has 0 saturated carbocycles. The van der Waals surface area contributed by atoms with Gasteiger partial charge in [0.15, 0.2) is 0 Å². The van der Waals surface area contributed by atoms with Gasteiger partial charge in [0.05, 0.1) is 25.9 Å². The van der Waals surface area contributed by atoms with Gasteiger partial charge in [-0.1, -0.05) is 18.2 Å². The number of ether oxygens (including phenoxy) is 2. The zero-order chi connectivity index (χ0) is 12.5. The summed E-state index contributed by atoms with van der Waals surface area (Å²) in [7, 11) is 0. The summed E-state index contributed by atoms with van der Waals surface area (Å²) in [5.74, 6) is 0.759. The predicted molar refractivity (Wildman–Crippen MR) is 68.4 cm³/mol. The Morgan fingerprint density at radius 1 is 1.33 bits per heavy atom. The summed E-state index contributed by atoms with van der Waals surface area (Å²) in [4.78, 5) is 0. The Bertz CT molecular complexity index is 543. The Morgan fingerprint density at radius 3 is 2.94 bits per heavy atom.